The number of hydrogen-bond donors (Lipinski definition) is 1. The molecule has 1 heterocycles. The molecule has 48 valence electrons. The van der Waals surface area contributed by atoms with Gasteiger partial charge in [0.15, 0.2) is 0 Å². The average molecular weight is 115 g/mol. The Kier molecular flexibility index (Phi) is 1.86. The molecule has 1 unspecified atom stereocenters. The van der Waals surface area contributed by atoms with Gasteiger partial charge in [-0.05, 0) is 6.42 Å². The number of rotatable bonds is 3. The van der Waals surface area contributed by atoms with Crippen LogP contribution >= 0.6 is 0 Å². The highest BCUT2D eigenvalue weighted by atomic mass is 16.3. The van der Waals surface area contributed by atoms with Gasteiger partial charge in [-0.3, -0.25) is 4.90 Å². The molecule has 1 aliphatic rings. The summed E-state index contributed by atoms with van der Waals surface area (Å²) in [4.78, 5) is 2.23. The van der Waals surface area contributed by atoms with Gasteiger partial charge in [0, 0.05) is 19.6 Å². The zero-order valence-electron chi connectivity index (χ0n) is 5.30. The van der Waals surface area contributed by atoms with Crippen LogP contribution in [0.15, 0.2) is 0 Å². The summed E-state index contributed by atoms with van der Waals surface area (Å²) in [6.45, 7) is 5.28. The molecule has 2 nitrogen and oxygen atoms in total. The highest BCUT2D eigenvalue weighted by molar-refractivity contribution is 4.74. The average Bonchev–Trinajstić information content (AvgIpc) is 2.50. The second-order valence-electron chi connectivity index (χ2n) is 2.36. The molecule has 0 amide bonds. The molecule has 0 aromatic carbocycles. The molecule has 0 bridgehead atoms. The molecule has 0 aromatic heterocycles. The van der Waals surface area contributed by atoms with Gasteiger partial charge in [0.25, 0.3) is 0 Å². The Hall–Kier alpha value is -0.0800. The van der Waals surface area contributed by atoms with Gasteiger partial charge in [-0.25, -0.2) is 0 Å². The smallest absolute Gasteiger partial charge is 0.0664 e. The largest absolute Gasteiger partial charge is 0.392 e. The fraction of sp³-hybridized carbons (Fsp3) is 1.00. The van der Waals surface area contributed by atoms with Crippen LogP contribution in [0.5, 0.6) is 0 Å². The van der Waals surface area contributed by atoms with Crippen LogP contribution in [0.3, 0.4) is 0 Å². The van der Waals surface area contributed by atoms with Gasteiger partial charge in [-0.2, -0.15) is 0 Å². The van der Waals surface area contributed by atoms with Crippen molar-refractivity contribution in [2.45, 2.75) is 19.4 Å². The third kappa shape index (κ3) is 1.80. The van der Waals surface area contributed by atoms with Gasteiger partial charge in [-0.1, -0.05) is 6.92 Å². The highest BCUT2D eigenvalue weighted by Crippen LogP contribution is 2.05. The maximum absolute atomic E-state index is 9.03. The summed E-state index contributed by atoms with van der Waals surface area (Å²) in [6.07, 6.45) is 0.800. The summed E-state index contributed by atoms with van der Waals surface area (Å²) in [5.74, 6) is 0. The topological polar surface area (TPSA) is 23.2 Å². The van der Waals surface area contributed by atoms with E-state index in [1.54, 1.807) is 0 Å². The lowest BCUT2D eigenvalue weighted by Gasteiger charge is -2.05. The molecular formula is C6H13NO. The Labute approximate surface area is 50.1 Å². The number of aliphatic hydroxyl groups excluding tert-OH is 1. The number of β-amino-alcohol motifs (C(OH)–C–C–N with tert-alkyl or cyclic N) is 1. The SMILES string of the molecule is CCC(O)CN1CC1. The number of nitrogens with zero attached hydrogens (tertiary/aromatic N) is 1. The molecule has 0 radical (unpaired) electrons. The van der Waals surface area contributed by atoms with E-state index in [9.17, 15) is 0 Å². The maximum Gasteiger partial charge on any atom is 0.0664 e. The zero-order valence-corrected chi connectivity index (χ0v) is 5.30. The van der Waals surface area contributed by atoms with Crippen LogP contribution in [0.1, 0.15) is 13.3 Å². The molecule has 0 saturated carbocycles. The molecule has 1 fully saturated rings. The molecule has 0 aliphatic carbocycles. The van der Waals surface area contributed by atoms with E-state index in [0.29, 0.717) is 0 Å². The van der Waals surface area contributed by atoms with Gasteiger partial charge >= 0.3 is 0 Å². The highest BCUT2D eigenvalue weighted by Gasteiger charge is 2.19. The Bertz CT molecular complexity index is 70.9. The van der Waals surface area contributed by atoms with Gasteiger partial charge in [0.1, 0.15) is 0 Å². The summed E-state index contributed by atoms with van der Waals surface area (Å²) in [5, 5.41) is 9.03. The molecular weight excluding hydrogens is 102 g/mol. The van der Waals surface area contributed by atoms with Crippen molar-refractivity contribution in [2.24, 2.45) is 0 Å². The maximum atomic E-state index is 9.03. The van der Waals surface area contributed by atoms with E-state index in [1.807, 2.05) is 6.92 Å². The summed E-state index contributed by atoms with van der Waals surface area (Å²) in [6, 6.07) is 0. The minimum Gasteiger partial charge on any atom is -0.392 e. The Balaban J connectivity index is 1.98. The molecule has 8 heavy (non-hydrogen) atoms. The third-order valence-corrected chi connectivity index (χ3v) is 1.48. The van der Waals surface area contributed by atoms with Crippen molar-refractivity contribution in [3.63, 3.8) is 0 Å². The summed E-state index contributed by atoms with van der Waals surface area (Å²) < 4.78 is 0. The van der Waals surface area contributed by atoms with Crippen molar-refractivity contribution in [3.8, 4) is 0 Å². The van der Waals surface area contributed by atoms with Gasteiger partial charge in [-0.15, -0.1) is 0 Å². The molecule has 1 aliphatic heterocycles. The predicted octanol–water partition coefficient (Wildman–Crippen LogP) is 0.0729. The molecule has 0 spiro atoms. The fourth-order valence-electron chi connectivity index (χ4n) is 0.680. The number of hydrogen-bond acceptors (Lipinski definition) is 2. The van der Waals surface area contributed by atoms with E-state index in [1.165, 1.54) is 13.1 Å². The molecule has 1 saturated heterocycles. The van der Waals surface area contributed by atoms with Crippen molar-refractivity contribution in [3.05, 3.63) is 0 Å². The molecule has 1 atom stereocenters. The van der Waals surface area contributed by atoms with Crippen molar-refractivity contribution in [2.75, 3.05) is 19.6 Å². The summed E-state index contributed by atoms with van der Waals surface area (Å²) in [5.41, 5.74) is 0. The van der Waals surface area contributed by atoms with E-state index in [0.717, 1.165) is 13.0 Å². The Morgan fingerprint density at radius 3 is 2.62 bits per heavy atom. The van der Waals surface area contributed by atoms with Crippen LogP contribution in [-0.4, -0.2) is 35.7 Å². The van der Waals surface area contributed by atoms with Gasteiger partial charge in [0.2, 0.25) is 0 Å². The first kappa shape index (κ1) is 6.05. The van der Waals surface area contributed by atoms with Gasteiger partial charge < -0.3 is 5.11 Å². The van der Waals surface area contributed by atoms with E-state index in [4.69, 9.17) is 5.11 Å². The first-order chi connectivity index (χ1) is 3.83. The lowest BCUT2D eigenvalue weighted by Crippen LogP contribution is -2.17. The standard InChI is InChI=1S/C6H13NO/c1-2-6(8)5-7-3-4-7/h6,8H,2-5H2,1H3. The summed E-state index contributed by atoms with van der Waals surface area (Å²) >= 11 is 0. The van der Waals surface area contributed by atoms with Crippen molar-refractivity contribution in [1.82, 2.24) is 4.90 Å². The number of aliphatic hydroxyl groups is 1. The van der Waals surface area contributed by atoms with Gasteiger partial charge in [0.05, 0.1) is 6.10 Å². The monoisotopic (exact) mass is 115 g/mol. The van der Waals surface area contributed by atoms with Crippen LogP contribution in [0.4, 0.5) is 0 Å². The van der Waals surface area contributed by atoms with Crippen LogP contribution in [0, 0.1) is 0 Å². The lowest BCUT2D eigenvalue weighted by molar-refractivity contribution is 0.150. The first-order valence-corrected chi connectivity index (χ1v) is 3.23. The van der Waals surface area contributed by atoms with Crippen molar-refractivity contribution in [1.29, 1.82) is 0 Å². The molecule has 2 heteroatoms. The summed E-state index contributed by atoms with van der Waals surface area (Å²) in [7, 11) is 0. The lowest BCUT2D eigenvalue weighted by atomic mass is 10.3. The van der Waals surface area contributed by atoms with Crippen molar-refractivity contribution >= 4 is 0 Å². The normalized spacial score (nSPS) is 23.2. The van der Waals surface area contributed by atoms with Crippen LogP contribution in [-0.2, 0) is 0 Å². The van der Waals surface area contributed by atoms with Crippen LogP contribution < -0.4 is 0 Å². The van der Waals surface area contributed by atoms with Crippen LogP contribution in [0.25, 0.3) is 0 Å². The fourth-order valence-corrected chi connectivity index (χ4v) is 0.680. The van der Waals surface area contributed by atoms with Crippen LogP contribution in [0.2, 0.25) is 0 Å². The van der Waals surface area contributed by atoms with E-state index in [-0.39, 0.29) is 6.10 Å². The van der Waals surface area contributed by atoms with E-state index in [2.05, 4.69) is 4.90 Å². The van der Waals surface area contributed by atoms with E-state index >= 15 is 0 Å². The molecule has 0 aromatic rings. The zero-order chi connectivity index (χ0) is 5.98. The van der Waals surface area contributed by atoms with Crippen molar-refractivity contribution < 1.29 is 5.11 Å². The Morgan fingerprint density at radius 1 is 1.62 bits per heavy atom. The molecule has 1 N–H and O–H groups in total. The predicted molar refractivity (Wildman–Crippen MR) is 32.7 cm³/mol. The first-order valence-electron chi connectivity index (χ1n) is 3.23. The molecule has 1 rings (SSSR count). The van der Waals surface area contributed by atoms with E-state index < -0.39 is 0 Å². The second kappa shape index (κ2) is 2.46. The second-order valence-corrected chi connectivity index (χ2v) is 2.36. The minimum absolute atomic E-state index is 0.0856. The Morgan fingerprint density at radius 2 is 2.25 bits per heavy atom. The third-order valence-electron chi connectivity index (χ3n) is 1.48. The quantitative estimate of drug-likeness (QED) is 0.526. The minimum atomic E-state index is -0.0856.